The van der Waals surface area contributed by atoms with E-state index >= 15 is 0 Å². The Bertz CT molecular complexity index is 827. The van der Waals surface area contributed by atoms with Gasteiger partial charge in [-0.3, -0.25) is 4.79 Å². The summed E-state index contributed by atoms with van der Waals surface area (Å²) in [6.45, 7) is 0. The summed E-state index contributed by atoms with van der Waals surface area (Å²) in [7, 11) is 3.86. The van der Waals surface area contributed by atoms with Crippen molar-refractivity contribution >= 4 is 17.6 Å². The minimum atomic E-state index is -4.63. The number of pyridine rings is 1. The predicted octanol–water partition coefficient (Wildman–Crippen LogP) is 4.42. The number of halogens is 4. The molecule has 10 heteroatoms. The molecular formula is C18H17ClF3NO5. The van der Waals surface area contributed by atoms with E-state index in [1.54, 1.807) is 12.1 Å². The monoisotopic (exact) mass is 419 g/mol. The van der Waals surface area contributed by atoms with Gasteiger partial charge in [-0.2, -0.15) is 13.2 Å². The van der Waals surface area contributed by atoms with Gasteiger partial charge in [0.2, 0.25) is 5.88 Å². The fourth-order valence-corrected chi connectivity index (χ4v) is 2.71. The van der Waals surface area contributed by atoms with Crippen molar-refractivity contribution in [2.24, 2.45) is 0 Å². The number of alkyl halides is 3. The second-order valence-electron chi connectivity index (χ2n) is 5.50. The van der Waals surface area contributed by atoms with Crippen molar-refractivity contribution in [2.45, 2.75) is 18.4 Å². The molecule has 6 nitrogen and oxygen atoms in total. The zero-order valence-electron chi connectivity index (χ0n) is 15.1. The maximum Gasteiger partial charge on any atom is 0.416 e. The van der Waals surface area contributed by atoms with Gasteiger partial charge in [-0.1, -0.05) is 29.8 Å². The number of benzene rings is 1. The molecule has 0 amide bonds. The number of esters is 1. The largest absolute Gasteiger partial charge is 0.468 e. The topological polar surface area (TPSA) is 66.9 Å². The molecule has 0 bridgehead atoms. The van der Waals surface area contributed by atoms with Crippen molar-refractivity contribution in [1.29, 1.82) is 0 Å². The summed E-state index contributed by atoms with van der Waals surface area (Å²) in [6, 6.07) is 7.59. The number of hydrogen-bond acceptors (Lipinski definition) is 6. The third kappa shape index (κ3) is 5.12. The summed E-state index contributed by atoms with van der Waals surface area (Å²) in [6.07, 6.45) is -5.65. The maximum absolute atomic E-state index is 13.0. The number of hydrogen-bond donors (Lipinski definition) is 0. The molecule has 0 aliphatic carbocycles. The quantitative estimate of drug-likeness (QED) is 0.376. The Morgan fingerprint density at radius 1 is 1.11 bits per heavy atom. The zero-order chi connectivity index (χ0) is 20.9. The fraction of sp³-hybridized carbons (Fsp3) is 0.333. The standard InChI is InChI=1S/C18H17ClF3NO5/c1-25-16(24)15(17(26-2)27-3)11-6-4-5-7-12(11)28-14-9-10(18(20,21)22)8-13(19)23-14/h4-9,15,17H,1-3H3. The van der Waals surface area contributed by atoms with Gasteiger partial charge in [-0.15, -0.1) is 0 Å². The van der Waals surface area contributed by atoms with Crippen molar-refractivity contribution in [1.82, 2.24) is 4.98 Å². The van der Waals surface area contributed by atoms with E-state index in [0.29, 0.717) is 12.1 Å². The second-order valence-corrected chi connectivity index (χ2v) is 5.88. The first kappa shape index (κ1) is 21.9. The fourth-order valence-electron chi connectivity index (χ4n) is 2.51. The molecule has 0 saturated heterocycles. The number of nitrogens with zero attached hydrogens (tertiary/aromatic N) is 1. The Morgan fingerprint density at radius 2 is 1.75 bits per heavy atom. The highest BCUT2D eigenvalue weighted by Crippen LogP contribution is 2.37. The van der Waals surface area contributed by atoms with Crippen molar-refractivity contribution in [3.63, 3.8) is 0 Å². The molecule has 28 heavy (non-hydrogen) atoms. The van der Waals surface area contributed by atoms with Gasteiger partial charge >= 0.3 is 12.1 Å². The van der Waals surface area contributed by atoms with E-state index in [0.717, 1.165) is 0 Å². The highest BCUT2D eigenvalue weighted by molar-refractivity contribution is 6.29. The van der Waals surface area contributed by atoms with Crippen molar-refractivity contribution in [3.8, 4) is 11.6 Å². The van der Waals surface area contributed by atoms with Gasteiger partial charge in [0.15, 0.2) is 6.29 Å². The first-order valence-corrected chi connectivity index (χ1v) is 8.24. The molecule has 2 rings (SSSR count). The van der Waals surface area contributed by atoms with Gasteiger partial charge in [0.25, 0.3) is 0 Å². The highest BCUT2D eigenvalue weighted by Gasteiger charge is 2.35. The maximum atomic E-state index is 13.0. The minimum Gasteiger partial charge on any atom is -0.468 e. The first-order chi connectivity index (χ1) is 13.2. The molecule has 0 aliphatic heterocycles. The van der Waals surface area contributed by atoms with Gasteiger partial charge in [-0.25, -0.2) is 4.98 Å². The molecule has 0 saturated carbocycles. The molecule has 1 aromatic heterocycles. The van der Waals surface area contributed by atoms with Crippen LogP contribution >= 0.6 is 11.6 Å². The Hall–Kier alpha value is -2.36. The highest BCUT2D eigenvalue weighted by atomic mass is 35.5. The van der Waals surface area contributed by atoms with Crippen LogP contribution in [0.25, 0.3) is 0 Å². The van der Waals surface area contributed by atoms with Gasteiger partial charge in [0.1, 0.15) is 16.8 Å². The Labute approximate surface area is 164 Å². The average molecular weight is 420 g/mol. The zero-order valence-corrected chi connectivity index (χ0v) is 15.9. The smallest absolute Gasteiger partial charge is 0.416 e. The number of carbonyl (C=O) groups is 1. The SMILES string of the molecule is COC(=O)C(c1ccccc1Oc1cc(C(F)(F)F)cc(Cl)n1)C(OC)OC. The van der Waals surface area contributed by atoms with Crippen LogP contribution in [0.15, 0.2) is 36.4 Å². The van der Waals surface area contributed by atoms with E-state index < -0.39 is 35.1 Å². The van der Waals surface area contributed by atoms with Crippen molar-refractivity contribution in [3.05, 3.63) is 52.7 Å². The molecule has 0 spiro atoms. The lowest BCUT2D eigenvalue weighted by atomic mass is 9.97. The van der Waals surface area contributed by atoms with E-state index in [1.807, 2.05) is 0 Å². The molecule has 0 fully saturated rings. The van der Waals surface area contributed by atoms with E-state index in [-0.39, 0.29) is 17.2 Å². The lowest BCUT2D eigenvalue weighted by molar-refractivity contribution is -0.163. The molecule has 1 atom stereocenters. The number of para-hydroxylation sites is 1. The number of rotatable bonds is 7. The summed E-state index contributed by atoms with van der Waals surface area (Å²) >= 11 is 5.69. The Balaban J connectivity index is 2.49. The molecule has 1 unspecified atom stereocenters. The summed E-state index contributed by atoms with van der Waals surface area (Å²) < 4.78 is 59.7. The van der Waals surface area contributed by atoms with Crippen LogP contribution in [0.1, 0.15) is 17.0 Å². The average Bonchev–Trinajstić information content (AvgIpc) is 2.65. The van der Waals surface area contributed by atoms with Crippen molar-refractivity contribution in [2.75, 3.05) is 21.3 Å². The van der Waals surface area contributed by atoms with Crippen LogP contribution in [0.4, 0.5) is 13.2 Å². The second kappa shape index (κ2) is 9.22. The normalized spacial score (nSPS) is 12.7. The third-order valence-corrected chi connectivity index (χ3v) is 3.95. The summed E-state index contributed by atoms with van der Waals surface area (Å²) in [5.41, 5.74) is -0.741. The molecule has 1 heterocycles. The summed E-state index contributed by atoms with van der Waals surface area (Å²) in [5, 5.41) is -0.390. The van der Waals surface area contributed by atoms with Gasteiger partial charge < -0.3 is 18.9 Å². The molecule has 1 aromatic carbocycles. The number of methoxy groups -OCH3 is 3. The molecule has 0 aliphatic rings. The van der Waals surface area contributed by atoms with Crippen molar-refractivity contribution < 1.29 is 36.9 Å². The summed E-state index contributed by atoms with van der Waals surface area (Å²) in [5.74, 6) is -2.06. The lowest BCUT2D eigenvalue weighted by Crippen LogP contribution is -2.30. The van der Waals surface area contributed by atoms with E-state index in [2.05, 4.69) is 4.98 Å². The molecule has 152 valence electrons. The Kier molecular flexibility index (Phi) is 7.22. The number of carbonyl (C=O) groups excluding carboxylic acids is 1. The van der Waals surface area contributed by atoms with Crippen LogP contribution < -0.4 is 4.74 Å². The molecule has 2 aromatic rings. The van der Waals surface area contributed by atoms with Crippen LogP contribution in [0, 0.1) is 0 Å². The van der Waals surface area contributed by atoms with Crippen LogP contribution in [0.2, 0.25) is 5.15 Å². The van der Waals surface area contributed by atoms with Gasteiger partial charge in [0.05, 0.1) is 12.7 Å². The van der Waals surface area contributed by atoms with Gasteiger partial charge in [0, 0.05) is 25.8 Å². The predicted molar refractivity (Wildman–Crippen MR) is 93.3 cm³/mol. The van der Waals surface area contributed by atoms with Gasteiger partial charge in [-0.05, 0) is 12.1 Å². The lowest BCUT2D eigenvalue weighted by Gasteiger charge is -2.24. The molecule has 0 N–H and O–H groups in total. The number of ether oxygens (including phenoxy) is 4. The molecule has 0 radical (unpaired) electrons. The third-order valence-electron chi connectivity index (χ3n) is 3.76. The van der Waals surface area contributed by atoms with Crippen LogP contribution in [0.5, 0.6) is 11.6 Å². The first-order valence-electron chi connectivity index (χ1n) is 7.86. The molecular weight excluding hydrogens is 403 g/mol. The van der Waals surface area contributed by atoms with Crippen LogP contribution in [-0.2, 0) is 25.2 Å². The minimum absolute atomic E-state index is 0.0693. The van der Waals surface area contributed by atoms with Crippen LogP contribution in [0.3, 0.4) is 0 Å². The van der Waals surface area contributed by atoms with E-state index in [1.165, 1.54) is 33.5 Å². The van der Waals surface area contributed by atoms with E-state index in [4.69, 9.17) is 30.5 Å². The Morgan fingerprint density at radius 3 is 2.32 bits per heavy atom. The van der Waals surface area contributed by atoms with E-state index in [9.17, 15) is 18.0 Å². The summed E-state index contributed by atoms with van der Waals surface area (Å²) in [4.78, 5) is 16.1. The van der Waals surface area contributed by atoms with Crippen LogP contribution in [-0.4, -0.2) is 38.6 Å². The number of aromatic nitrogens is 1.